The topological polar surface area (TPSA) is 96.1 Å². The maximum atomic E-state index is 14.5. The molecular weight excluding hydrogens is 485 g/mol. The summed E-state index contributed by atoms with van der Waals surface area (Å²) in [5, 5.41) is 13.6. The second-order valence-corrected chi connectivity index (χ2v) is 9.69. The highest BCUT2D eigenvalue weighted by Gasteiger charge is 2.33. The molecule has 6 rings (SSSR count). The second kappa shape index (κ2) is 9.86. The zero-order valence-electron chi connectivity index (χ0n) is 21.3. The lowest BCUT2D eigenvalue weighted by molar-refractivity contribution is 0.199. The lowest BCUT2D eigenvalue weighted by Crippen LogP contribution is -2.49. The van der Waals surface area contributed by atoms with Gasteiger partial charge >= 0.3 is 0 Å². The van der Waals surface area contributed by atoms with Crippen LogP contribution < -0.4 is 10.5 Å². The van der Waals surface area contributed by atoms with Gasteiger partial charge in [-0.15, -0.1) is 5.10 Å². The van der Waals surface area contributed by atoms with Crippen LogP contribution in [0.25, 0.3) is 10.9 Å². The van der Waals surface area contributed by atoms with E-state index in [1.54, 1.807) is 23.1 Å². The molecule has 38 heavy (non-hydrogen) atoms. The normalized spacial score (nSPS) is 15.3. The molecule has 10 heteroatoms. The van der Waals surface area contributed by atoms with Crippen LogP contribution in [0.1, 0.15) is 34.3 Å². The van der Waals surface area contributed by atoms with Crippen LogP contribution in [0.15, 0.2) is 70.1 Å². The Morgan fingerprint density at radius 3 is 2.58 bits per heavy atom. The molecule has 9 nitrogen and oxygen atoms in total. The third-order valence-electron chi connectivity index (χ3n) is 7.33. The van der Waals surface area contributed by atoms with Crippen molar-refractivity contribution < 1.29 is 8.81 Å². The summed E-state index contributed by atoms with van der Waals surface area (Å²) in [5.74, 6) is 1.02. The molecule has 4 heterocycles. The lowest BCUT2D eigenvalue weighted by atomic mass is 9.99. The Morgan fingerprint density at radius 1 is 1.03 bits per heavy atom. The summed E-state index contributed by atoms with van der Waals surface area (Å²) < 4.78 is 21.7. The van der Waals surface area contributed by atoms with Crippen molar-refractivity contribution in [3.05, 3.63) is 105 Å². The van der Waals surface area contributed by atoms with Crippen molar-refractivity contribution in [3.63, 3.8) is 0 Å². The molecule has 1 fully saturated rings. The molecule has 194 valence electrons. The Balaban J connectivity index is 1.42. The number of aryl methyl sites for hydroxylation is 2. The van der Waals surface area contributed by atoms with Gasteiger partial charge in [0, 0.05) is 37.1 Å². The van der Waals surface area contributed by atoms with Crippen LogP contribution in [0.5, 0.6) is 0 Å². The molecule has 1 saturated heterocycles. The van der Waals surface area contributed by atoms with Gasteiger partial charge in [-0.2, -0.15) is 0 Å². The van der Waals surface area contributed by atoms with Gasteiger partial charge in [0.15, 0.2) is 5.82 Å². The van der Waals surface area contributed by atoms with Crippen molar-refractivity contribution in [2.45, 2.75) is 26.4 Å². The highest BCUT2D eigenvalue weighted by atomic mass is 19.1. The van der Waals surface area contributed by atoms with E-state index in [-0.39, 0.29) is 11.4 Å². The van der Waals surface area contributed by atoms with Crippen LogP contribution in [0.2, 0.25) is 0 Å². The zero-order chi connectivity index (χ0) is 26.2. The number of furan rings is 1. The summed E-state index contributed by atoms with van der Waals surface area (Å²) in [6, 6.07) is 16.0. The number of hydrogen-bond acceptors (Lipinski definition) is 7. The van der Waals surface area contributed by atoms with Gasteiger partial charge in [-0.05, 0) is 65.7 Å². The van der Waals surface area contributed by atoms with Crippen LogP contribution in [-0.2, 0) is 6.54 Å². The number of para-hydroxylation sites is 1. The third-order valence-corrected chi connectivity index (χ3v) is 7.33. The van der Waals surface area contributed by atoms with Gasteiger partial charge in [0.1, 0.15) is 24.2 Å². The van der Waals surface area contributed by atoms with Crippen molar-refractivity contribution in [1.82, 2.24) is 30.1 Å². The number of rotatable bonds is 6. The van der Waals surface area contributed by atoms with Gasteiger partial charge in [-0.1, -0.05) is 24.3 Å². The molecule has 1 unspecified atom stereocenters. The van der Waals surface area contributed by atoms with Gasteiger partial charge in [-0.3, -0.25) is 9.69 Å². The Labute approximate surface area is 218 Å². The number of aromatic amines is 1. The smallest absolute Gasteiger partial charge is 0.253 e. The molecule has 0 spiro atoms. The van der Waals surface area contributed by atoms with E-state index >= 15 is 0 Å². The van der Waals surface area contributed by atoms with E-state index in [1.807, 2.05) is 49.1 Å². The summed E-state index contributed by atoms with van der Waals surface area (Å²) in [7, 11) is 0. The number of nitrogens with zero attached hydrogens (tertiary/aromatic N) is 6. The third kappa shape index (κ3) is 4.37. The van der Waals surface area contributed by atoms with E-state index < -0.39 is 6.04 Å². The van der Waals surface area contributed by atoms with E-state index in [0.29, 0.717) is 55.6 Å². The Hall–Kier alpha value is -4.31. The number of tetrazole rings is 1. The van der Waals surface area contributed by atoms with Crippen molar-refractivity contribution in [3.8, 4) is 0 Å². The molecule has 3 aromatic heterocycles. The molecule has 5 aromatic rings. The molecule has 1 atom stereocenters. The summed E-state index contributed by atoms with van der Waals surface area (Å²) in [4.78, 5) is 20.9. The van der Waals surface area contributed by atoms with Crippen molar-refractivity contribution in [2.24, 2.45) is 0 Å². The van der Waals surface area contributed by atoms with E-state index in [4.69, 9.17) is 4.42 Å². The SMILES string of the molecule is Cc1ccc(C)c2[nH]c(=O)c(C(c3nnnn3Cc3ccco3)N3CCN(c4ccccc4F)CC3)cc12. The van der Waals surface area contributed by atoms with Crippen LogP contribution in [0.3, 0.4) is 0 Å². The predicted octanol–water partition coefficient (Wildman–Crippen LogP) is 3.82. The molecule has 1 aliphatic rings. The highest BCUT2D eigenvalue weighted by Crippen LogP contribution is 2.31. The molecule has 0 saturated carbocycles. The second-order valence-electron chi connectivity index (χ2n) is 9.69. The number of piperazine rings is 1. The number of aromatic nitrogens is 5. The summed E-state index contributed by atoms with van der Waals surface area (Å²) >= 11 is 0. The minimum atomic E-state index is -0.504. The van der Waals surface area contributed by atoms with Crippen LogP contribution in [0.4, 0.5) is 10.1 Å². The monoisotopic (exact) mass is 513 g/mol. The molecule has 0 aliphatic carbocycles. The number of fused-ring (bicyclic) bond motifs is 1. The summed E-state index contributed by atoms with van der Waals surface area (Å²) in [6.45, 7) is 6.74. The maximum Gasteiger partial charge on any atom is 0.253 e. The van der Waals surface area contributed by atoms with Crippen LogP contribution >= 0.6 is 0 Å². The fourth-order valence-corrected chi connectivity index (χ4v) is 5.29. The van der Waals surface area contributed by atoms with E-state index in [2.05, 4.69) is 31.5 Å². The first-order valence-corrected chi connectivity index (χ1v) is 12.6. The zero-order valence-corrected chi connectivity index (χ0v) is 21.3. The van der Waals surface area contributed by atoms with Gasteiger partial charge in [0.05, 0.1) is 17.5 Å². The highest BCUT2D eigenvalue weighted by molar-refractivity contribution is 5.85. The summed E-state index contributed by atoms with van der Waals surface area (Å²) in [6.07, 6.45) is 1.61. The lowest BCUT2D eigenvalue weighted by Gasteiger charge is -2.39. The van der Waals surface area contributed by atoms with Crippen LogP contribution in [-0.4, -0.2) is 56.3 Å². The maximum absolute atomic E-state index is 14.5. The molecule has 0 amide bonds. The average molecular weight is 514 g/mol. The number of nitrogens with one attached hydrogen (secondary N) is 1. The van der Waals surface area contributed by atoms with Crippen molar-refractivity contribution >= 4 is 16.6 Å². The minimum absolute atomic E-state index is 0.180. The first kappa shape index (κ1) is 24.1. The number of anilines is 1. The average Bonchev–Trinajstić information content (AvgIpc) is 3.61. The Bertz CT molecular complexity index is 1640. The number of H-pyrrole nitrogens is 1. The van der Waals surface area contributed by atoms with Gasteiger partial charge < -0.3 is 14.3 Å². The minimum Gasteiger partial charge on any atom is -0.467 e. The number of hydrogen-bond donors (Lipinski definition) is 1. The molecule has 0 radical (unpaired) electrons. The number of benzene rings is 2. The molecule has 1 aliphatic heterocycles. The molecular formula is C28H28FN7O2. The fourth-order valence-electron chi connectivity index (χ4n) is 5.29. The van der Waals surface area contributed by atoms with E-state index in [9.17, 15) is 9.18 Å². The van der Waals surface area contributed by atoms with E-state index in [0.717, 1.165) is 22.0 Å². The Morgan fingerprint density at radius 2 is 1.82 bits per heavy atom. The first-order valence-electron chi connectivity index (χ1n) is 12.6. The first-order chi connectivity index (χ1) is 18.5. The molecule has 0 bridgehead atoms. The van der Waals surface area contributed by atoms with Gasteiger partial charge in [-0.25, -0.2) is 9.07 Å². The molecule has 1 N–H and O–H groups in total. The standard InChI is InChI=1S/C28H28FN7O2/c1-18-9-10-19(2)25-21(18)16-22(28(37)30-25)26(27-31-32-33-36(27)17-20-6-5-15-38-20)35-13-11-34(12-14-35)24-8-4-3-7-23(24)29/h3-10,15-16,26H,11-14,17H2,1-2H3,(H,30,37). The number of pyridine rings is 1. The van der Waals surface area contributed by atoms with Crippen LogP contribution in [0, 0.1) is 19.7 Å². The largest absolute Gasteiger partial charge is 0.467 e. The molecule has 2 aromatic carbocycles. The Kier molecular flexibility index (Phi) is 6.24. The van der Waals surface area contributed by atoms with Gasteiger partial charge in [0.2, 0.25) is 0 Å². The van der Waals surface area contributed by atoms with Crippen molar-refractivity contribution in [2.75, 3.05) is 31.1 Å². The van der Waals surface area contributed by atoms with E-state index in [1.165, 1.54) is 6.07 Å². The van der Waals surface area contributed by atoms with Crippen molar-refractivity contribution in [1.29, 1.82) is 0 Å². The quantitative estimate of drug-likeness (QED) is 0.369. The number of halogens is 1. The predicted molar refractivity (Wildman–Crippen MR) is 142 cm³/mol. The fraction of sp³-hybridized carbons (Fsp3) is 0.286. The van der Waals surface area contributed by atoms with Gasteiger partial charge in [0.25, 0.3) is 5.56 Å². The summed E-state index contributed by atoms with van der Waals surface area (Å²) in [5.41, 5.74) is 3.88.